The summed E-state index contributed by atoms with van der Waals surface area (Å²) >= 11 is 1.58. The van der Waals surface area contributed by atoms with Gasteiger partial charge in [-0.3, -0.25) is 9.59 Å². The van der Waals surface area contributed by atoms with E-state index in [1.54, 1.807) is 11.3 Å². The maximum atomic E-state index is 13.2. The summed E-state index contributed by atoms with van der Waals surface area (Å²) in [5, 5.41) is 3.61. The summed E-state index contributed by atoms with van der Waals surface area (Å²) < 4.78 is 5.74. The van der Waals surface area contributed by atoms with Crippen molar-refractivity contribution in [1.29, 1.82) is 0 Å². The molecule has 3 atom stereocenters. The molecule has 2 amide bonds. The van der Waals surface area contributed by atoms with Crippen molar-refractivity contribution in [2.24, 2.45) is 5.92 Å². The molecule has 1 aromatic heterocycles. The Balaban J connectivity index is 1.95. The summed E-state index contributed by atoms with van der Waals surface area (Å²) in [7, 11) is 0. The van der Waals surface area contributed by atoms with Crippen LogP contribution in [-0.4, -0.2) is 42.0 Å². The van der Waals surface area contributed by atoms with E-state index in [0.29, 0.717) is 19.0 Å². The summed E-state index contributed by atoms with van der Waals surface area (Å²) in [4.78, 5) is 28.0. The molecule has 0 spiro atoms. The van der Waals surface area contributed by atoms with Gasteiger partial charge in [0.15, 0.2) is 0 Å². The number of anilines is 1. The van der Waals surface area contributed by atoms with Gasteiger partial charge in [0.25, 0.3) is 5.91 Å². The van der Waals surface area contributed by atoms with Crippen LogP contribution in [0.5, 0.6) is 0 Å². The highest BCUT2D eigenvalue weighted by atomic mass is 32.1. The predicted octanol–water partition coefficient (Wildman–Crippen LogP) is 3.08. The molecule has 1 aliphatic heterocycles. The topological polar surface area (TPSA) is 58.6 Å². The Morgan fingerprint density at radius 2 is 1.88 bits per heavy atom. The number of fused-ring (bicyclic) bond motifs is 1. The first-order valence-electron chi connectivity index (χ1n) is 8.72. The monoisotopic (exact) mass is 350 g/mol. The molecular formula is C18H26N2O3S. The standard InChI is InChI=1S/C18H26N2O3S/c1-10-5-6-14-15(7-10)24-17(19-13(4)21)16(14)18(22)20-8-11(2)23-12(3)9-20/h10-12H,5-9H2,1-4H3,(H,19,21)/t10-,11-,12+/m1/s1. The first-order chi connectivity index (χ1) is 11.3. The molecular weight excluding hydrogens is 324 g/mol. The zero-order chi connectivity index (χ0) is 17.4. The highest BCUT2D eigenvalue weighted by Crippen LogP contribution is 2.40. The molecule has 0 radical (unpaired) electrons. The number of hydrogen-bond donors (Lipinski definition) is 1. The summed E-state index contributed by atoms with van der Waals surface area (Å²) in [6.07, 6.45) is 3.09. The summed E-state index contributed by atoms with van der Waals surface area (Å²) in [5.41, 5.74) is 1.87. The van der Waals surface area contributed by atoms with Crippen molar-refractivity contribution in [3.63, 3.8) is 0 Å². The third-order valence-corrected chi connectivity index (χ3v) is 5.89. The molecule has 1 N–H and O–H groups in total. The molecule has 132 valence electrons. The lowest BCUT2D eigenvalue weighted by atomic mass is 9.88. The quantitative estimate of drug-likeness (QED) is 0.892. The number of amides is 2. The summed E-state index contributed by atoms with van der Waals surface area (Å²) in [5.74, 6) is 0.542. The molecule has 1 aromatic rings. The molecule has 0 bridgehead atoms. The summed E-state index contributed by atoms with van der Waals surface area (Å²) in [6, 6.07) is 0. The van der Waals surface area contributed by atoms with E-state index in [-0.39, 0.29) is 24.0 Å². The van der Waals surface area contributed by atoms with Gasteiger partial charge in [-0.05, 0) is 44.6 Å². The van der Waals surface area contributed by atoms with Crippen LogP contribution in [-0.2, 0) is 22.4 Å². The second-order valence-electron chi connectivity index (χ2n) is 7.20. The number of morpholine rings is 1. The highest BCUT2D eigenvalue weighted by Gasteiger charge is 2.33. The van der Waals surface area contributed by atoms with Crippen molar-refractivity contribution in [3.8, 4) is 0 Å². The maximum Gasteiger partial charge on any atom is 0.257 e. The largest absolute Gasteiger partial charge is 0.372 e. The lowest BCUT2D eigenvalue weighted by Gasteiger charge is -2.35. The minimum absolute atomic E-state index is 0.0350. The van der Waals surface area contributed by atoms with Crippen LogP contribution in [0.2, 0.25) is 0 Å². The Hall–Kier alpha value is -1.40. The first-order valence-corrected chi connectivity index (χ1v) is 9.53. The van der Waals surface area contributed by atoms with Gasteiger partial charge in [-0.2, -0.15) is 0 Å². The zero-order valence-corrected chi connectivity index (χ0v) is 15.7. The van der Waals surface area contributed by atoms with Crippen LogP contribution in [0.25, 0.3) is 0 Å². The molecule has 3 rings (SSSR count). The van der Waals surface area contributed by atoms with Gasteiger partial charge in [-0.15, -0.1) is 11.3 Å². The zero-order valence-electron chi connectivity index (χ0n) is 14.8. The fraction of sp³-hybridized carbons (Fsp3) is 0.667. The van der Waals surface area contributed by atoms with Crippen LogP contribution in [0.1, 0.15) is 54.9 Å². The predicted molar refractivity (Wildman–Crippen MR) is 95.7 cm³/mol. The molecule has 1 saturated heterocycles. The molecule has 0 aromatic carbocycles. The van der Waals surface area contributed by atoms with E-state index in [1.165, 1.54) is 11.8 Å². The van der Waals surface area contributed by atoms with E-state index >= 15 is 0 Å². The Morgan fingerprint density at radius 3 is 2.50 bits per heavy atom. The van der Waals surface area contributed by atoms with Crippen molar-refractivity contribution in [3.05, 3.63) is 16.0 Å². The van der Waals surface area contributed by atoms with Gasteiger partial charge in [0.2, 0.25) is 5.91 Å². The Kier molecular flexibility index (Phi) is 4.97. The molecule has 2 heterocycles. The number of ether oxygens (including phenoxy) is 1. The number of thiophene rings is 1. The van der Waals surface area contributed by atoms with Gasteiger partial charge < -0.3 is 15.0 Å². The fourth-order valence-corrected chi connectivity index (χ4v) is 5.18. The lowest BCUT2D eigenvalue weighted by Crippen LogP contribution is -2.48. The van der Waals surface area contributed by atoms with Crippen LogP contribution in [0, 0.1) is 5.92 Å². The molecule has 2 aliphatic rings. The van der Waals surface area contributed by atoms with Crippen LogP contribution in [0.4, 0.5) is 5.00 Å². The average Bonchev–Trinajstić information content (AvgIpc) is 2.81. The summed E-state index contributed by atoms with van der Waals surface area (Å²) in [6.45, 7) is 8.93. The smallest absolute Gasteiger partial charge is 0.257 e. The number of nitrogens with one attached hydrogen (secondary N) is 1. The lowest BCUT2D eigenvalue weighted by molar-refractivity contribution is -0.114. The van der Waals surface area contributed by atoms with E-state index < -0.39 is 0 Å². The second-order valence-corrected chi connectivity index (χ2v) is 8.31. The van der Waals surface area contributed by atoms with Crippen LogP contribution in [0.15, 0.2) is 0 Å². The number of carbonyl (C=O) groups excluding carboxylic acids is 2. The third kappa shape index (κ3) is 3.49. The van der Waals surface area contributed by atoms with Crippen molar-refractivity contribution in [2.45, 2.75) is 59.2 Å². The van der Waals surface area contributed by atoms with Crippen molar-refractivity contribution in [1.82, 2.24) is 4.90 Å². The Bertz CT molecular complexity index is 645. The molecule has 0 saturated carbocycles. The second kappa shape index (κ2) is 6.84. The minimum atomic E-state index is -0.126. The third-order valence-electron chi connectivity index (χ3n) is 4.72. The average molecular weight is 350 g/mol. The van der Waals surface area contributed by atoms with Crippen LogP contribution < -0.4 is 5.32 Å². The van der Waals surface area contributed by atoms with E-state index in [4.69, 9.17) is 4.74 Å². The number of hydrogen-bond acceptors (Lipinski definition) is 4. The number of carbonyl (C=O) groups is 2. The van der Waals surface area contributed by atoms with Gasteiger partial charge in [-0.25, -0.2) is 0 Å². The number of rotatable bonds is 2. The highest BCUT2D eigenvalue weighted by molar-refractivity contribution is 7.17. The normalized spacial score (nSPS) is 26.8. The van der Waals surface area contributed by atoms with Crippen molar-refractivity contribution >= 4 is 28.2 Å². The van der Waals surface area contributed by atoms with E-state index in [2.05, 4.69) is 12.2 Å². The van der Waals surface area contributed by atoms with Gasteiger partial charge in [0, 0.05) is 24.9 Å². The molecule has 6 heteroatoms. The minimum Gasteiger partial charge on any atom is -0.372 e. The fourth-order valence-electron chi connectivity index (χ4n) is 3.73. The van der Waals surface area contributed by atoms with Gasteiger partial charge in [0.1, 0.15) is 5.00 Å². The van der Waals surface area contributed by atoms with Gasteiger partial charge in [-0.1, -0.05) is 6.92 Å². The molecule has 1 aliphatic carbocycles. The van der Waals surface area contributed by atoms with Gasteiger partial charge >= 0.3 is 0 Å². The first kappa shape index (κ1) is 17.4. The Morgan fingerprint density at radius 1 is 1.21 bits per heavy atom. The van der Waals surface area contributed by atoms with Crippen molar-refractivity contribution in [2.75, 3.05) is 18.4 Å². The maximum absolute atomic E-state index is 13.2. The van der Waals surface area contributed by atoms with E-state index in [9.17, 15) is 9.59 Å². The van der Waals surface area contributed by atoms with Gasteiger partial charge in [0.05, 0.1) is 17.8 Å². The Labute approximate surface area is 147 Å². The van der Waals surface area contributed by atoms with E-state index in [0.717, 1.165) is 35.4 Å². The van der Waals surface area contributed by atoms with Crippen LogP contribution in [0.3, 0.4) is 0 Å². The molecule has 0 unspecified atom stereocenters. The molecule has 5 nitrogen and oxygen atoms in total. The molecule has 24 heavy (non-hydrogen) atoms. The van der Waals surface area contributed by atoms with Crippen molar-refractivity contribution < 1.29 is 14.3 Å². The SMILES string of the molecule is CC(=O)Nc1sc2c(c1C(=O)N1C[C@@H](C)O[C@@H](C)C1)CC[C@@H](C)C2. The van der Waals surface area contributed by atoms with E-state index in [1.807, 2.05) is 18.7 Å². The van der Waals surface area contributed by atoms with Crippen LogP contribution >= 0.6 is 11.3 Å². The number of nitrogens with zero attached hydrogens (tertiary/aromatic N) is 1. The molecule has 1 fully saturated rings.